The number of methoxy groups -OCH3 is 1. The number of halogens is 1. The van der Waals surface area contributed by atoms with Crippen LogP contribution in [-0.4, -0.2) is 44.1 Å². The summed E-state index contributed by atoms with van der Waals surface area (Å²) in [6.45, 7) is 5.87. The van der Waals surface area contributed by atoms with Gasteiger partial charge in [0.15, 0.2) is 0 Å². The summed E-state index contributed by atoms with van der Waals surface area (Å²) >= 11 is 5.71. The minimum atomic E-state index is -0.761. The first-order valence-electron chi connectivity index (χ1n) is 7.03. The van der Waals surface area contributed by atoms with Gasteiger partial charge in [0.2, 0.25) is 5.91 Å². The molecule has 0 aliphatic rings. The summed E-state index contributed by atoms with van der Waals surface area (Å²) in [7, 11) is 1.53. The summed E-state index contributed by atoms with van der Waals surface area (Å²) in [6, 6.07) is 4.92. The lowest BCUT2D eigenvalue weighted by atomic mass is 10.1. The molecule has 0 radical (unpaired) electrons. The fourth-order valence-corrected chi connectivity index (χ4v) is 2.36. The zero-order chi connectivity index (χ0) is 16.7. The summed E-state index contributed by atoms with van der Waals surface area (Å²) in [5, 5.41) is 0. The van der Waals surface area contributed by atoms with E-state index in [2.05, 4.69) is 0 Å². The molecule has 1 aromatic carbocycles. The van der Waals surface area contributed by atoms with Gasteiger partial charge in [-0.3, -0.25) is 9.69 Å². The van der Waals surface area contributed by atoms with Crippen LogP contribution in [0.4, 0.5) is 5.69 Å². The number of hydrogen-bond acceptors (Lipinski definition) is 4. The summed E-state index contributed by atoms with van der Waals surface area (Å²) < 4.78 is 9.97. The Labute approximate surface area is 136 Å². The number of anilines is 1. The summed E-state index contributed by atoms with van der Waals surface area (Å²) in [4.78, 5) is 25.8. The first-order chi connectivity index (χ1) is 10.4. The Morgan fingerprint density at radius 2 is 1.82 bits per heavy atom. The number of rotatable bonds is 7. The molecule has 5 nitrogen and oxygen atoms in total. The molecule has 0 fully saturated rings. The van der Waals surface area contributed by atoms with Crippen LogP contribution < -0.4 is 4.90 Å². The van der Waals surface area contributed by atoms with Crippen molar-refractivity contribution in [2.24, 2.45) is 0 Å². The van der Waals surface area contributed by atoms with E-state index < -0.39 is 12.0 Å². The number of alkyl halides is 1. The van der Waals surface area contributed by atoms with Crippen LogP contribution in [-0.2, 0) is 19.1 Å². The van der Waals surface area contributed by atoms with E-state index in [1.54, 1.807) is 6.92 Å². The fraction of sp³-hybridized carbons (Fsp3) is 0.500. The van der Waals surface area contributed by atoms with Crippen molar-refractivity contribution in [3.8, 4) is 0 Å². The van der Waals surface area contributed by atoms with Gasteiger partial charge in [-0.05, 0) is 31.9 Å². The van der Waals surface area contributed by atoms with Crippen LogP contribution in [0.1, 0.15) is 18.1 Å². The normalized spacial score (nSPS) is 11.9. The molecule has 1 amide bonds. The Morgan fingerprint density at radius 3 is 2.32 bits per heavy atom. The van der Waals surface area contributed by atoms with Crippen molar-refractivity contribution in [1.82, 2.24) is 0 Å². The molecule has 1 rings (SSSR count). The predicted molar refractivity (Wildman–Crippen MR) is 86.4 cm³/mol. The third-order valence-electron chi connectivity index (χ3n) is 3.32. The number of benzene rings is 1. The fourth-order valence-electron chi connectivity index (χ4n) is 2.24. The number of amides is 1. The van der Waals surface area contributed by atoms with Gasteiger partial charge in [-0.1, -0.05) is 18.2 Å². The van der Waals surface area contributed by atoms with Gasteiger partial charge in [-0.25, -0.2) is 4.79 Å². The Kier molecular flexibility index (Phi) is 7.35. The van der Waals surface area contributed by atoms with E-state index in [1.165, 1.54) is 12.0 Å². The largest absolute Gasteiger partial charge is 0.462 e. The second-order valence-electron chi connectivity index (χ2n) is 4.97. The summed E-state index contributed by atoms with van der Waals surface area (Å²) in [5.41, 5.74) is 2.49. The second kappa shape index (κ2) is 8.76. The number of nitrogens with zero attached hydrogens (tertiary/aromatic N) is 1. The minimum Gasteiger partial charge on any atom is -0.462 e. The first kappa shape index (κ1) is 18.5. The van der Waals surface area contributed by atoms with Gasteiger partial charge < -0.3 is 9.47 Å². The van der Waals surface area contributed by atoms with Crippen LogP contribution in [0, 0.1) is 13.8 Å². The number of carbonyl (C=O) groups is 2. The number of hydrogen-bond donors (Lipinski definition) is 0. The van der Waals surface area contributed by atoms with Crippen molar-refractivity contribution in [1.29, 1.82) is 0 Å². The van der Waals surface area contributed by atoms with E-state index >= 15 is 0 Å². The molecular formula is C16H22ClNO4. The quantitative estimate of drug-likeness (QED) is 0.438. The molecule has 0 spiro atoms. The topological polar surface area (TPSA) is 55.8 Å². The van der Waals surface area contributed by atoms with Gasteiger partial charge >= 0.3 is 5.97 Å². The van der Waals surface area contributed by atoms with Gasteiger partial charge in [-0.15, -0.1) is 11.6 Å². The van der Waals surface area contributed by atoms with E-state index in [1.807, 2.05) is 32.0 Å². The van der Waals surface area contributed by atoms with Gasteiger partial charge in [-0.2, -0.15) is 0 Å². The van der Waals surface area contributed by atoms with Gasteiger partial charge in [0.25, 0.3) is 0 Å². The highest BCUT2D eigenvalue weighted by atomic mass is 35.5. The highest BCUT2D eigenvalue weighted by molar-refractivity contribution is 6.29. The average molecular weight is 328 g/mol. The number of para-hydroxylation sites is 1. The molecule has 0 aliphatic heterocycles. The van der Waals surface area contributed by atoms with Crippen LogP contribution in [0.3, 0.4) is 0 Å². The average Bonchev–Trinajstić information content (AvgIpc) is 2.50. The third-order valence-corrected chi connectivity index (χ3v) is 3.55. The summed E-state index contributed by atoms with van der Waals surface area (Å²) in [5.74, 6) is -1.03. The monoisotopic (exact) mass is 327 g/mol. The molecule has 0 unspecified atom stereocenters. The van der Waals surface area contributed by atoms with Crippen LogP contribution in [0.5, 0.6) is 0 Å². The number of carbonyl (C=O) groups excluding carboxylic acids is 2. The van der Waals surface area contributed by atoms with Crippen molar-refractivity contribution in [3.05, 3.63) is 29.3 Å². The predicted octanol–water partition coefficient (Wildman–Crippen LogP) is 2.45. The third kappa shape index (κ3) is 4.45. The molecule has 122 valence electrons. The van der Waals surface area contributed by atoms with E-state index in [0.29, 0.717) is 12.3 Å². The van der Waals surface area contributed by atoms with E-state index in [9.17, 15) is 9.59 Å². The molecule has 6 heteroatoms. The van der Waals surface area contributed by atoms with Crippen LogP contribution in [0.15, 0.2) is 18.2 Å². The highest BCUT2D eigenvalue weighted by Gasteiger charge is 2.29. The molecule has 0 aliphatic carbocycles. The SMILES string of the molecule is COCCOC(=O)[C@H](C)N(C(=O)CCl)c1c(C)cccc1C. The Balaban J connectivity index is 3.08. The number of ether oxygens (including phenoxy) is 2. The van der Waals surface area contributed by atoms with Crippen LogP contribution in [0.25, 0.3) is 0 Å². The lowest BCUT2D eigenvalue weighted by Crippen LogP contribution is -2.46. The zero-order valence-electron chi connectivity index (χ0n) is 13.4. The van der Waals surface area contributed by atoms with Crippen LogP contribution >= 0.6 is 11.6 Å². The summed E-state index contributed by atoms with van der Waals surface area (Å²) in [6.07, 6.45) is 0. The molecule has 0 heterocycles. The molecule has 0 N–H and O–H groups in total. The molecule has 0 aromatic heterocycles. The maximum Gasteiger partial charge on any atom is 0.329 e. The van der Waals surface area contributed by atoms with Crippen molar-refractivity contribution in [2.45, 2.75) is 26.8 Å². The van der Waals surface area contributed by atoms with Crippen LogP contribution in [0.2, 0.25) is 0 Å². The number of esters is 1. The molecule has 0 saturated heterocycles. The van der Waals surface area contributed by atoms with Crippen molar-refractivity contribution >= 4 is 29.2 Å². The maximum absolute atomic E-state index is 12.3. The maximum atomic E-state index is 12.3. The van der Waals surface area contributed by atoms with E-state index in [0.717, 1.165) is 11.1 Å². The molecule has 1 aromatic rings. The van der Waals surface area contributed by atoms with Gasteiger partial charge in [0, 0.05) is 7.11 Å². The van der Waals surface area contributed by atoms with E-state index in [-0.39, 0.29) is 18.4 Å². The molecule has 0 bridgehead atoms. The van der Waals surface area contributed by atoms with Crippen molar-refractivity contribution in [3.63, 3.8) is 0 Å². The molecule has 1 atom stereocenters. The lowest BCUT2D eigenvalue weighted by molar-refractivity contribution is -0.147. The molecule has 22 heavy (non-hydrogen) atoms. The van der Waals surface area contributed by atoms with Gasteiger partial charge in [0.05, 0.1) is 12.3 Å². The first-order valence-corrected chi connectivity index (χ1v) is 7.57. The Hall–Kier alpha value is -1.59. The molecule has 0 saturated carbocycles. The Morgan fingerprint density at radius 1 is 1.23 bits per heavy atom. The lowest BCUT2D eigenvalue weighted by Gasteiger charge is -2.30. The zero-order valence-corrected chi connectivity index (χ0v) is 14.1. The van der Waals surface area contributed by atoms with Crippen molar-refractivity contribution < 1.29 is 19.1 Å². The standard InChI is InChI=1S/C16H22ClNO4/c1-11-6-5-7-12(2)15(11)18(14(19)10-17)13(3)16(20)22-9-8-21-4/h5-7,13H,8-10H2,1-4H3/t13-/m0/s1. The van der Waals surface area contributed by atoms with Crippen molar-refractivity contribution in [2.75, 3.05) is 31.1 Å². The molecular weight excluding hydrogens is 306 g/mol. The number of aryl methyl sites for hydroxylation is 2. The van der Waals surface area contributed by atoms with E-state index in [4.69, 9.17) is 21.1 Å². The smallest absolute Gasteiger partial charge is 0.329 e. The van der Waals surface area contributed by atoms with Gasteiger partial charge in [0.1, 0.15) is 18.5 Å². The minimum absolute atomic E-state index is 0.148. The second-order valence-corrected chi connectivity index (χ2v) is 5.24. The highest BCUT2D eigenvalue weighted by Crippen LogP contribution is 2.27. The Bertz CT molecular complexity index is 513.